The van der Waals surface area contributed by atoms with E-state index in [0.29, 0.717) is 19.8 Å². The number of nitrogens with two attached hydrogens (primary N) is 1. The van der Waals surface area contributed by atoms with Crippen molar-refractivity contribution in [1.29, 1.82) is 0 Å². The zero-order chi connectivity index (χ0) is 15.0. The summed E-state index contributed by atoms with van der Waals surface area (Å²) in [4.78, 5) is 11.8. The molecular formula is C15H30N2O3. The van der Waals surface area contributed by atoms with Crippen molar-refractivity contribution in [2.24, 2.45) is 11.7 Å². The standard InChI is InChI=1S/C15H30N2O3/c1-4-17-15(14(16)18)8-5-6-13(15)7-9-19-10-11-20-12(2)3/h12-13,17H,4-11H2,1-3H3,(H2,16,18). The maximum Gasteiger partial charge on any atom is 0.238 e. The number of rotatable bonds is 10. The summed E-state index contributed by atoms with van der Waals surface area (Å²) < 4.78 is 11.0. The van der Waals surface area contributed by atoms with Crippen LogP contribution in [0.25, 0.3) is 0 Å². The smallest absolute Gasteiger partial charge is 0.238 e. The first kappa shape index (κ1) is 17.4. The van der Waals surface area contributed by atoms with E-state index in [1.165, 1.54) is 0 Å². The summed E-state index contributed by atoms with van der Waals surface area (Å²) in [5.74, 6) is 0.0657. The van der Waals surface area contributed by atoms with Crippen molar-refractivity contribution in [3.8, 4) is 0 Å². The molecule has 1 fully saturated rings. The Morgan fingerprint density at radius 1 is 1.40 bits per heavy atom. The predicted octanol–water partition coefficient (Wildman–Crippen LogP) is 1.45. The SMILES string of the molecule is CCNC1(C(N)=O)CCCC1CCOCCOC(C)C. The summed E-state index contributed by atoms with van der Waals surface area (Å²) in [7, 11) is 0. The van der Waals surface area contributed by atoms with Gasteiger partial charge in [-0.25, -0.2) is 0 Å². The highest BCUT2D eigenvalue weighted by Crippen LogP contribution is 2.37. The minimum atomic E-state index is -0.521. The molecule has 1 aliphatic rings. The van der Waals surface area contributed by atoms with E-state index in [9.17, 15) is 4.79 Å². The molecule has 20 heavy (non-hydrogen) atoms. The molecule has 0 saturated heterocycles. The third-order valence-electron chi connectivity index (χ3n) is 4.04. The monoisotopic (exact) mass is 286 g/mol. The minimum absolute atomic E-state index is 0.218. The first-order valence-electron chi connectivity index (χ1n) is 7.77. The van der Waals surface area contributed by atoms with Crippen LogP contribution in [0, 0.1) is 5.92 Å². The molecule has 118 valence electrons. The van der Waals surface area contributed by atoms with Crippen molar-refractivity contribution < 1.29 is 14.3 Å². The van der Waals surface area contributed by atoms with Crippen LogP contribution >= 0.6 is 0 Å². The molecule has 0 aromatic rings. The van der Waals surface area contributed by atoms with Gasteiger partial charge in [0.25, 0.3) is 0 Å². The Labute approximate surface area is 122 Å². The van der Waals surface area contributed by atoms with Crippen molar-refractivity contribution in [2.75, 3.05) is 26.4 Å². The molecule has 0 radical (unpaired) electrons. The zero-order valence-corrected chi connectivity index (χ0v) is 13.1. The second kappa shape index (κ2) is 8.60. The molecule has 1 rings (SSSR count). The molecule has 0 spiro atoms. The van der Waals surface area contributed by atoms with Gasteiger partial charge in [-0.3, -0.25) is 4.79 Å². The van der Waals surface area contributed by atoms with Gasteiger partial charge in [-0.1, -0.05) is 13.3 Å². The average Bonchev–Trinajstić information content (AvgIpc) is 2.78. The fourth-order valence-corrected chi connectivity index (χ4v) is 3.10. The Morgan fingerprint density at radius 2 is 2.15 bits per heavy atom. The molecule has 5 heteroatoms. The molecule has 5 nitrogen and oxygen atoms in total. The highest BCUT2D eigenvalue weighted by Gasteiger charge is 2.46. The summed E-state index contributed by atoms with van der Waals surface area (Å²) in [5.41, 5.74) is 5.11. The van der Waals surface area contributed by atoms with Gasteiger partial charge in [-0.15, -0.1) is 0 Å². The Hall–Kier alpha value is -0.650. The Kier molecular flexibility index (Phi) is 7.48. The minimum Gasteiger partial charge on any atom is -0.379 e. The molecule has 2 atom stereocenters. The van der Waals surface area contributed by atoms with Crippen LogP contribution in [-0.2, 0) is 14.3 Å². The Bertz CT molecular complexity index is 297. The topological polar surface area (TPSA) is 73.6 Å². The van der Waals surface area contributed by atoms with Crippen molar-refractivity contribution in [1.82, 2.24) is 5.32 Å². The number of nitrogens with one attached hydrogen (secondary N) is 1. The van der Waals surface area contributed by atoms with Gasteiger partial charge < -0.3 is 20.5 Å². The highest BCUT2D eigenvalue weighted by atomic mass is 16.5. The first-order chi connectivity index (χ1) is 9.53. The lowest BCUT2D eigenvalue weighted by atomic mass is 9.84. The van der Waals surface area contributed by atoms with E-state index in [2.05, 4.69) is 5.32 Å². The molecular weight excluding hydrogens is 256 g/mol. The van der Waals surface area contributed by atoms with Crippen LogP contribution in [0.2, 0.25) is 0 Å². The van der Waals surface area contributed by atoms with Crippen LogP contribution in [-0.4, -0.2) is 43.9 Å². The maximum atomic E-state index is 11.8. The summed E-state index contributed by atoms with van der Waals surface area (Å²) in [5, 5.41) is 3.32. The van der Waals surface area contributed by atoms with Crippen LogP contribution in [0.15, 0.2) is 0 Å². The number of likely N-dealkylation sites (N-methyl/N-ethyl adjacent to an activating group) is 1. The van der Waals surface area contributed by atoms with E-state index in [4.69, 9.17) is 15.2 Å². The van der Waals surface area contributed by atoms with Crippen LogP contribution in [0.5, 0.6) is 0 Å². The number of amides is 1. The zero-order valence-electron chi connectivity index (χ0n) is 13.1. The van der Waals surface area contributed by atoms with E-state index in [1.807, 2.05) is 20.8 Å². The second-order valence-corrected chi connectivity index (χ2v) is 5.78. The van der Waals surface area contributed by atoms with E-state index in [-0.39, 0.29) is 17.9 Å². The molecule has 0 aromatic heterocycles. The summed E-state index contributed by atoms with van der Waals surface area (Å²) in [6.07, 6.45) is 4.05. The summed E-state index contributed by atoms with van der Waals surface area (Å²) in [6.45, 7) is 8.69. The third-order valence-corrected chi connectivity index (χ3v) is 4.04. The van der Waals surface area contributed by atoms with E-state index >= 15 is 0 Å². The van der Waals surface area contributed by atoms with E-state index < -0.39 is 5.54 Å². The molecule has 0 aliphatic heterocycles. The molecule has 1 saturated carbocycles. The molecule has 3 N–H and O–H groups in total. The number of ether oxygens (including phenoxy) is 2. The first-order valence-corrected chi connectivity index (χ1v) is 7.77. The fraction of sp³-hybridized carbons (Fsp3) is 0.933. The highest BCUT2D eigenvalue weighted by molar-refractivity contribution is 5.85. The second-order valence-electron chi connectivity index (χ2n) is 5.78. The van der Waals surface area contributed by atoms with Crippen LogP contribution in [0.4, 0.5) is 0 Å². The van der Waals surface area contributed by atoms with E-state index in [1.54, 1.807) is 0 Å². The summed E-state index contributed by atoms with van der Waals surface area (Å²) in [6, 6.07) is 0. The van der Waals surface area contributed by atoms with Crippen LogP contribution < -0.4 is 11.1 Å². The van der Waals surface area contributed by atoms with Crippen LogP contribution in [0.1, 0.15) is 46.5 Å². The van der Waals surface area contributed by atoms with Gasteiger partial charge in [0.1, 0.15) is 5.54 Å². The van der Waals surface area contributed by atoms with Crippen molar-refractivity contribution >= 4 is 5.91 Å². The molecule has 0 aromatic carbocycles. The number of carbonyl (C=O) groups is 1. The van der Waals surface area contributed by atoms with Gasteiger partial charge in [0, 0.05) is 6.61 Å². The summed E-state index contributed by atoms with van der Waals surface area (Å²) >= 11 is 0. The molecule has 1 aliphatic carbocycles. The van der Waals surface area contributed by atoms with Gasteiger partial charge in [-0.05, 0) is 45.6 Å². The largest absolute Gasteiger partial charge is 0.379 e. The van der Waals surface area contributed by atoms with Crippen molar-refractivity contribution in [3.05, 3.63) is 0 Å². The molecule has 0 bridgehead atoms. The fourth-order valence-electron chi connectivity index (χ4n) is 3.10. The quantitative estimate of drug-likeness (QED) is 0.596. The number of hydrogen-bond donors (Lipinski definition) is 2. The number of carbonyl (C=O) groups excluding carboxylic acids is 1. The lowest BCUT2D eigenvalue weighted by Gasteiger charge is -2.33. The Balaban J connectivity index is 2.32. The lowest BCUT2D eigenvalue weighted by Crippen LogP contribution is -2.58. The van der Waals surface area contributed by atoms with Gasteiger partial charge in [0.05, 0.1) is 19.3 Å². The van der Waals surface area contributed by atoms with Crippen molar-refractivity contribution in [2.45, 2.75) is 58.1 Å². The van der Waals surface area contributed by atoms with Gasteiger partial charge in [0.2, 0.25) is 5.91 Å². The number of primary amides is 1. The van der Waals surface area contributed by atoms with Crippen LogP contribution in [0.3, 0.4) is 0 Å². The Morgan fingerprint density at radius 3 is 2.75 bits per heavy atom. The predicted molar refractivity (Wildman–Crippen MR) is 79.5 cm³/mol. The van der Waals surface area contributed by atoms with Gasteiger partial charge in [0.15, 0.2) is 0 Å². The lowest BCUT2D eigenvalue weighted by molar-refractivity contribution is -0.126. The number of hydrogen-bond acceptors (Lipinski definition) is 4. The normalized spacial score (nSPS) is 26.3. The maximum absolute atomic E-state index is 11.8. The van der Waals surface area contributed by atoms with E-state index in [0.717, 1.165) is 32.2 Å². The molecule has 2 unspecified atom stereocenters. The van der Waals surface area contributed by atoms with Gasteiger partial charge >= 0.3 is 0 Å². The molecule has 1 amide bonds. The molecule has 0 heterocycles. The third kappa shape index (κ3) is 4.72. The average molecular weight is 286 g/mol. The van der Waals surface area contributed by atoms with Gasteiger partial charge in [-0.2, -0.15) is 0 Å². The van der Waals surface area contributed by atoms with Crippen molar-refractivity contribution in [3.63, 3.8) is 0 Å².